The van der Waals surface area contributed by atoms with Crippen LogP contribution >= 0.6 is 0 Å². The van der Waals surface area contributed by atoms with E-state index in [2.05, 4.69) is 173 Å². The zero-order chi connectivity index (χ0) is 86.0. The Hall–Kier alpha value is 0.516. The van der Waals surface area contributed by atoms with Crippen LogP contribution in [0.1, 0.15) is 198 Å². The third-order valence-corrected chi connectivity index (χ3v) is 31.0. The summed E-state index contributed by atoms with van der Waals surface area (Å²) in [7, 11) is 1.73. The molecule has 10 fully saturated rings. The van der Waals surface area contributed by atoms with Gasteiger partial charge in [-0.25, -0.2) is 0 Å². The predicted molar refractivity (Wildman–Crippen MR) is 440 cm³/mol. The molecular weight excluding hydrogens is 1540 g/mol. The molecule has 9 unspecified atom stereocenters. The first-order chi connectivity index (χ1) is 54.0. The Bertz CT molecular complexity index is 2650. The maximum atomic E-state index is 10.2. The molecule has 0 spiro atoms. The fourth-order valence-electron chi connectivity index (χ4n) is 18.6. The molecule has 0 saturated carbocycles. The number of methoxy groups -OCH3 is 1. The molecule has 0 aromatic heterocycles. The van der Waals surface area contributed by atoms with Gasteiger partial charge in [-0.15, -0.1) is 0 Å². The Morgan fingerprint density at radius 1 is 0.231 bits per heavy atom. The van der Waals surface area contributed by atoms with Gasteiger partial charge in [-0.2, -0.15) is 0 Å². The van der Waals surface area contributed by atoms with Gasteiger partial charge in [0.15, 0.2) is 37.7 Å². The second-order valence-corrected chi connectivity index (χ2v) is 37.5. The van der Waals surface area contributed by atoms with E-state index >= 15 is 0 Å². The molecular formula is C88H171KO28. The minimum atomic E-state index is -1.74. The van der Waals surface area contributed by atoms with E-state index in [1.807, 2.05) is 0 Å². The Morgan fingerprint density at radius 2 is 0.444 bits per heavy atom. The van der Waals surface area contributed by atoms with Crippen molar-refractivity contribution in [2.75, 3.05) is 66.6 Å². The molecule has 0 bridgehead atoms. The molecule has 10 saturated heterocycles. The largest absolute Gasteiger partial charge is 1.00 e. The first-order valence-electron chi connectivity index (χ1n) is 44.1. The summed E-state index contributed by atoms with van der Waals surface area (Å²) in [5.41, 5.74) is 0. The Labute approximate surface area is 749 Å². The van der Waals surface area contributed by atoms with Crippen LogP contribution < -0.4 is 51.4 Å². The van der Waals surface area contributed by atoms with Crippen molar-refractivity contribution >= 4 is 0 Å². The van der Waals surface area contributed by atoms with E-state index in [1.165, 1.54) is 6.92 Å². The summed E-state index contributed by atoms with van der Waals surface area (Å²) < 4.78 is 101. The summed E-state index contributed by atoms with van der Waals surface area (Å²) in [5.74, 6) is 10.3. The first-order valence-corrected chi connectivity index (χ1v) is 44.1. The minimum absolute atomic E-state index is 0. The number of aliphatic hydroxyl groups is 11. The van der Waals surface area contributed by atoms with Gasteiger partial charge in [0.05, 0.1) is 127 Å². The molecule has 10 rings (SSSR count). The molecule has 29 heteroatoms. The van der Waals surface area contributed by atoms with Crippen LogP contribution in [0.5, 0.6) is 0 Å². The smallest absolute Gasteiger partial charge is 1.00 e. The number of ether oxygens (including phenoxy) is 17. The summed E-state index contributed by atoms with van der Waals surface area (Å²) in [5, 5.41) is 109. The van der Waals surface area contributed by atoms with E-state index in [4.69, 9.17) is 80.5 Å². The molecule has 692 valence electrons. The van der Waals surface area contributed by atoms with E-state index in [9.17, 15) is 56.2 Å². The van der Waals surface area contributed by atoms with Crippen LogP contribution in [0.4, 0.5) is 0 Å². The van der Waals surface area contributed by atoms with E-state index in [-0.39, 0.29) is 156 Å². The van der Waals surface area contributed by atoms with Crippen LogP contribution in [-0.4, -0.2) is 301 Å². The Balaban J connectivity index is 0.000000543. The molecule has 10 aliphatic heterocycles. The van der Waals surface area contributed by atoms with E-state index in [0.717, 1.165) is 6.42 Å². The van der Waals surface area contributed by atoms with Crippen LogP contribution in [-0.2, 0) is 80.5 Å². The van der Waals surface area contributed by atoms with Crippen molar-refractivity contribution in [3.8, 4) is 0 Å². The van der Waals surface area contributed by atoms with Crippen molar-refractivity contribution in [1.82, 2.24) is 0 Å². The molecule has 10 heterocycles. The van der Waals surface area contributed by atoms with Gasteiger partial charge in [-0.05, 0) is 135 Å². The van der Waals surface area contributed by atoms with Crippen LogP contribution in [0.15, 0.2) is 0 Å². The van der Waals surface area contributed by atoms with Crippen molar-refractivity contribution < 1.29 is 192 Å². The molecule has 10 aliphatic rings. The third kappa shape index (κ3) is 26.6. The molecule has 0 amide bonds. The quantitative estimate of drug-likeness (QED) is 0.0568. The summed E-state index contributed by atoms with van der Waals surface area (Å²) in [4.78, 5) is 0. The molecule has 0 aromatic carbocycles. The monoisotopic (exact) mass is 1720 g/mol. The van der Waals surface area contributed by atoms with Crippen molar-refractivity contribution in [2.45, 2.75) is 372 Å². The third-order valence-electron chi connectivity index (χ3n) is 31.0. The van der Waals surface area contributed by atoms with Crippen LogP contribution in [0, 0.1) is 124 Å². The van der Waals surface area contributed by atoms with Crippen LogP contribution in [0.3, 0.4) is 0 Å². The van der Waals surface area contributed by atoms with Crippen LogP contribution in [0.2, 0.25) is 0 Å². The Kier molecular flexibility index (Phi) is 45.6. The van der Waals surface area contributed by atoms with Gasteiger partial charge in [0, 0.05) is 33.6 Å². The van der Waals surface area contributed by atoms with Gasteiger partial charge in [0.2, 0.25) is 0 Å². The molecule has 11 N–H and O–H groups in total. The van der Waals surface area contributed by atoms with Crippen molar-refractivity contribution in [1.29, 1.82) is 0 Å². The molecule has 0 aromatic rings. The summed E-state index contributed by atoms with van der Waals surface area (Å²) in [6.07, 6.45) is -20.3. The van der Waals surface area contributed by atoms with Gasteiger partial charge in [0.1, 0.15) is 73.2 Å². The second kappa shape index (κ2) is 49.3. The molecule has 117 heavy (non-hydrogen) atoms. The normalized spacial score (nSPS) is 50.9. The van der Waals surface area contributed by atoms with Gasteiger partial charge in [-0.1, -0.05) is 160 Å². The summed E-state index contributed by atoms with van der Waals surface area (Å²) in [6.45, 7) is 59.3. The average molecular weight is 1720 g/mol. The number of aliphatic hydroxyl groups excluding tert-OH is 11. The van der Waals surface area contributed by atoms with Gasteiger partial charge in [0.25, 0.3) is 0 Å². The van der Waals surface area contributed by atoms with Gasteiger partial charge in [-0.3, -0.25) is 0 Å². The van der Waals surface area contributed by atoms with E-state index in [0.29, 0.717) is 157 Å². The van der Waals surface area contributed by atoms with Gasteiger partial charge < -0.3 is 138 Å². The van der Waals surface area contributed by atoms with Crippen LogP contribution in [0.25, 0.3) is 0 Å². The van der Waals surface area contributed by atoms with Crippen molar-refractivity contribution in [3.63, 3.8) is 0 Å². The van der Waals surface area contributed by atoms with Crippen molar-refractivity contribution in [2.24, 2.45) is 124 Å². The average Bonchev–Trinajstić information content (AvgIpc) is 0.799. The molecule has 0 aliphatic carbocycles. The summed E-state index contributed by atoms with van der Waals surface area (Å²) >= 11 is 0. The molecule has 50 atom stereocenters. The molecule has 0 radical (unpaired) electrons. The first kappa shape index (κ1) is 108. The zero-order valence-electron chi connectivity index (χ0n) is 76.8. The molecule has 28 nitrogen and oxygen atoms in total. The number of hydrogen-bond donors (Lipinski definition) is 11. The maximum Gasteiger partial charge on any atom is 1.00 e. The number of rotatable bonds is 23. The topological polar surface area (TPSA) is 379 Å². The van der Waals surface area contributed by atoms with E-state index in [1.54, 1.807) is 7.11 Å². The minimum Gasteiger partial charge on any atom is -1.00 e. The SMILES string of the molecule is C.CC[C@H]1O[C@@H](OCC2O[C@@H](OCC3O[C@@H](C)[C@H](C)[C@@H](C)[C@@H]3C)[C@H](C)[C@@H](C)[C@@H]2C)[C@H](C)[C@@H](C)[C@@H]1C.COCC1O[C@@H](OCC2OC(C)[C@H](C)[C@@H](C)[C@@H]2C)[C@H](C)[C@@H](C)[C@@H]1C.C[C@@H]1OC(CO[C@@H]2OC(CO[C@@H]3O[C@H](CO)[C@@H](O)[C@H](O)[C@H]3O)[C@@H](O)[C@H](O)[C@H]2O)[C@@H](O)[C@H](O)[C@H]1O.C[C@@H]1[C@@H](C)[C@H](C)C(CO[C@@H]2OC(CO)[C@@H](C)[C@H](C)[C@H]2C)O[C@H]1C.[2HH].[H-].[HH].[K+]. The fourth-order valence-corrected chi connectivity index (χ4v) is 18.6. The predicted octanol–water partition coefficient (Wildman–Crippen LogP) is 5.44. The standard InChI is InChI=1S/C29H54O5.C20H38O4.C19H34O15.C19H36O4.CH4.K.2H2.H/c1-12-25-19(6)16(3)22(9)28(33-25)31-14-27-21(8)17(4)23(10)29(34-27)30-13-26-20(7)15(2)18(5)24(11)32-26;1-11-13(3)17(7)23-19(14(11)4)10-22-20-16(6)12(2)15(5)18(24-20)9-21-8;1-5-9(21)13(25)11(23)7(32-5)3-30-19-17(29)15(27)12(24)8(34-19)4-31-18-16(28)14(26)10(22)6(2-20)33-18;1-10-12(3)16(7)22-18(14(10)5)9-21-19-15(6)11(2)13(4)17(8-20)23-19;;;;;/h15-29H,12-14H2,1-11H3;11-20H,9-10H2,1-8H3;5-29H,2-4H2,1H3;10-20H,8-9H2,1-7H3;1H4;;2*1H;/q;;;;;+1;;;-1/t15-,16+,17+,18-,19+,20+,21+,22-,23-,24+,25-,26?,27?,28-,29-;11-,12+,13-,14+,15+,16-,17?,18?,19?,20-;5-,6+,7?,8?,9-,10+,11+,12+,13+,14-,15-,16+,17+,18+,19+;10-,11+,12-,13+,14+,15-,16+,17?,18?,19-;;;;;/m1101...../s1/i;;;;;;1+1;;. The second-order valence-electron chi connectivity index (χ2n) is 37.5. The fraction of sp³-hybridized carbons (Fsp3) is 1.00. The van der Waals surface area contributed by atoms with Crippen molar-refractivity contribution in [3.05, 3.63) is 0 Å². The summed E-state index contributed by atoms with van der Waals surface area (Å²) in [6, 6.07) is 0. The Morgan fingerprint density at radius 3 is 0.761 bits per heavy atom. The maximum absolute atomic E-state index is 10.2. The number of hydrogen-bond acceptors (Lipinski definition) is 28. The van der Waals surface area contributed by atoms with Gasteiger partial charge >= 0.3 is 51.4 Å². The zero-order valence-corrected chi connectivity index (χ0v) is 78.9. The van der Waals surface area contributed by atoms with E-state index < -0.39 is 112 Å².